The molecular weight excluding hydrogens is 306 g/mol. The largest absolute Gasteiger partial charge is 0.472 e. The molecule has 2 fully saturated rings. The first-order valence-electron chi connectivity index (χ1n) is 8.88. The summed E-state index contributed by atoms with van der Waals surface area (Å²) in [5.74, 6) is -0.0218. The lowest BCUT2D eigenvalue weighted by Crippen LogP contribution is -2.55. The molecule has 6 heteroatoms. The minimum atomic E-state index is -0.402. The summed E-state index contributed by atoms with van der Waals surface area (Å²) in [6, 6.07) is 1.81. The third kappa shape index (κ3) is 3.64. The van der Waals surface area contributed by atoms with Gasteiger partial charge < -0.3 is 20.4 Å². The Balaban J connectivity index is 1.50. The first-order valence-corrected chi connectivity index (χ1v) is 8.88. The van der Waals surface area contributed by atoms with Gasteiger partial charge in [-0.2, -0.15) is 0 Å². The number of furan rings is 1. The van der Waals surface area contributed by atoms with Crippen molar-refractivity contribution < 1.29 is 14.0 Å². The van der Waals surface area contributed by atoms with Crippen LogP contribution in [0.2, 0.25) is 0 Å². The SMILES string of the molecule is CC1(N)CCCCC1C(=O)NC1CCN(C(=O)c2ccoc2)CC1. The zero-order valence-corrected chi connectivity index (χ0v) is 14.3. The number of nitrogens with two attached hydrogens (primary N) is 1. The van der Waals surface area contributed by atoms with Crippen molar-refractivity contribution in [3.63, 3.8) is 0 Å². The number of carbonyl (C=O) groups is 2. The fourth-order valence-electron chi connectivity index (χ4n) is 3.89. The minimum absolute atomic E-state index is 0.00431. The van der Waals surface area contributed by atoms with E-state index in [1.165, 1.54) is 12.5 Å². The Kier molecular flexibility index (Phi) is 4.94. The molecule has 2 unspecified atom stereocenters. The van der Waals surface area contributed by atoms with E-state index in [-0.39, 0.29) is 23.8 Å². The maximum Gasteiger partial charge on any atom is 0.257 e. The van der Waals surface area contributed by atoms with Crippen molar-refractivity contribution in [3.05, 3.63) is 24.2 Å². The molecule has 132 valence electrons. The molecule has 1 saturated carbocycles. The van der Waals surface area contributed by atoms with Gasteiger partial charge in [0, 0.05) is 24.7 Å². The molecule has 2 atom stereocenters. The van der Waals surface area contributed by atoms with Gasteiger partial charge in [0.25, 0.3) is 5.91 Å². The molecular formula is C18H27N3O3. The lowest BCUT2D eigenvalue weighted by Gasteiger charge is -2.39. The number of carbonyl (C=O) groups excluding carboxylic acids is 2. The molecule has 2 amide bonds. The molecule has 3 N–H and O–H groups in total. The fraction of sp³-hybridized carbons (Fsp3) is 0.667. The lowest BCUT2D eigenvalue weighted by molar-refractivity contribution is -0.129. The van der Waals surface area contributed by atoms with Crippen molar-refractivity contribution >= 4 is 11.8 Å². The Bertz CT molecular complexity index is 574. The molecule has 24 heavy (non-hydrogen) atoms. The smallest absolute Gasteiger partial charge is 0.257 e. The number of likely N-dealkylation sites (tertiary alicyclic amines) is 1. The number of amides is 2. The molecule has 0 aromatic carbocycles. The van der Waals surface area contributed by atoms with Crippen molar-refractivity contribution in [1.29, 1.82) is 0 Å². The predicted octanol–water partition coefficient (Wildman–Crippen LogP) is 1.91. The van der Waals surface area contributed by atoms with Gasteiger partial charge >= 0.3 is 0 Å². The van der Waals surface area contributed by atoms with Crippen LogP contribution in [-0.2, 0) is 4.79 Å². The van der Waals surface area contributed by atoms with Crippen molar-refractivity contribution in [3.8, 4) is 0 Å². The lowest BCUT2D eigenvalue weighted by atomic mass is 9.74. The first kappa shape index (κ1) is 17.0. The zero-order valence-electron chi connectivity index (χ0n) is 14.3. The molecule has 1 aliphatic carbocycles. The summed E-state index contributed by atoms with van der Waals surface area (Å²) in [6.45, 7) is 3.29. The number of rotatable bonds is 3. The Morgan fingerprint density at radius 1 is 1.29 bits per heavy atom. The van der Waals surface area contributed by atoms with Gasteiger partial charge in [-0.25, -0.2) is 0 Å². The molecule has 0 spiro atoms. The molecule has 0 bridgehead atoms. The number of hydrogen-bond acceptors (Lipinski definition) is 4. The fourth-order valence-corrected chi connectivity index (χ4v) is 3.89. The second kappa shape index (κ2) is 6.97. The van der Waals surface area contributed by atoms with E-state index in [2.05, 4.69) is 5.32 Å². The van der Waals surface area contributed by atoms with E-state index in [0.717, 1.165) is 38.5 Å². The van der Waals surface area contributed by atoms with Crippen LogP contribution in [0.25, 0.3) is 0 Å². The van der Waals surface area contributed by atoms with Gasteiger partial charge in [0.05, 0.1) is 17.7 Å². The molecule has 2 aliphatic rings. The number of nitrogens with zero attached hydrogens (tertiary/aromatic N) is 1. The summed E-state index contributed by atoms with van der Waals surface area (Å²) in [4.78, 5) is 26.7. The van der Waals surface area contributed by atoms with Gasteiger partial charge in [-0.1, -0.05) is 12.8 Å². The summed E-state index contributed by atoms with van der Waals surface area (Å²) in [5.41, 5.74) is 6.50. The molecule has 1 aliphatic heterocycles. The molecule has 0 radical (unpaired) electrons. The average molecular weight is 333 g/mol. The topological polar surface area (TPSA) is 88.6 Å². The number of piperidine rings is 1. The van der Waals surface area contributed by atoms with Crippen LogP contribution in [0, 0.1) is 5.92 Å². The number of hydrogen-bond donors (Lipinski definition) is 2. The second-order valence-electron chi connectivity index (χ2n) is 7.39. The Morgan fingerprint density at radius 2 is 2.04 bits per heavy atom. The molecule has 2 heterocycles. The highest BCUT2D eigenvalue weighted by Crippen LogP contribution is 2.32. The normalized spacial score (nSPS) is 28.6. The van der Waals surface area contributed by atoms with Crippen LogP contribution in [0.15, 0.2) is 23.0 Å². The summed E-state index contributed by atoms with van der Waals surface area (Å²) < 4.78 is 4.97. The highest BCUT2D eigenvalue weighted by Gasteiger charge is 2.38. The minimum Gasteiger partial charge on any atom is -0.472 e. The summed E-state index contributed by atoms with van der Waals surface area (Å²) >= 11 is 0. The first-order chi connectivity index (χ1) is 11.5. The van der Waals surface area contributed by atoms with E-state index in [0.29, 0.717) is 18.7 Å². The second-order valence-corrected chi connectivity index (χ2v) is 7.39. The van der Waals surface area contributed by atoms with Gasteiger partial charge in [-0.3, -0.25) is 9.59 Å². The van der Waals surface area contributed by atoms with E-state index in [9.17, 15) is 9.59 Å². The van der Waals surface area contributed by atoms with Crippen LogP contribution in [0.5, 0.6) is 0 Å². The number of nitrogens with one attached hydrogen (secondary N) is 1. The molecule has 3 rings (SSSR count). The molecule has 6 nitrogen and oxygen atoms in total. The summed E-state index contributed by atoms with van der Waals surface area (Å²) in [6.07, 6.45) is 8.50. The standard InChI is InChI=1S/C18H27N3O3/c1-18(19)8-3-2-4-15(18)16(22)20-14-5-9-21(10-6-14)17(23)13-7-11-24-12-13/h7,11-12,14-15H,2-6,8-10,19H2,1H3,(H,20,22). The van der Waals surface area contributed by atoms with Crippen molar-refractivity contribution in [2.45, 2.75) is 57.0 Å². The predicted molar refractivity (Wildman–Crippen MR) is 90.3 cm³/mol. The van der Waals surface area contributed by atoms with Gasteiger partial charge in [0.2, 0.25) is 5.91 Å². The third-order valence-electron chi connectivity index (χ3n) is 5.47. The highest BCUT2D eigenvalue weighted by atomic mass is 16.3. The third-order valence-corrected chi connectivity index (χ3v) is 5.47. The van der Waals surface area contributed by atoms with E-state index < -0.39 is 5.54 Å². The Labute approximate surface area is 142 Å². The van der Waals surface area contributed by atoms with E-state index in [4.69, 9.17) is 10.2 Å². The molecule has 1 aromatic heterocycles. The highest BCUT2D eigenvalue weighted by molar-refractivity contribution is 5.93. The van der Waals surface area contributed by atoms with Crippen LogP contribution >= 0.6 is 0 Å². The van der Waals surface area contributed by atoms with E-state index in [1.807, 2.05) is 11.8 Å². The van der Waals surface area contributed by atoms with E-state index in [1.54, 1.807) is 6.07 Å². The van der Waals surface area contributed by atoms with Crippen molar-refractivity contribution in [1.82, 2.24) is 10.2 Å². The molecule has 1 aromatic rings. The van der Waals surface area contributed by atoms with Crippen LogP contribution in [0.4, 0.5) is 0 Å². The van der Waals surface area contributed by atoms with Gasteiger partial charge in [0.15, 0.2) is 0 Å². The maximum atomic E-state index is 12.6. The summed E-state index contributed by atoms with van der Waals surface area (Å²) in [7, 11) is 0. The summed E-state index contributed by atoms with van der Waals surface area (Å²) in [5, 5.41) is 3.16. The van der Waals surface area contributed by atoms with Crippen LogP contribution in [-0.4, -0.2) is 41.4 Å². The maximum absolute atomic E-state index is 12.6. The zero-order chi connectivity index (χ0) is 17.2. The van der Waals surface area contributed by atoms with Gasteiger partial charge in [-0.15, -0.1) is 0 Å². The van der Waals surface area contributed by atoms with Crippen LogP contribution < -0.4 is 11.1 Å². The monoisotopic (exact) mass is 333 g/mol. The average Bonchev–Trinajstić information content (AvgIpc) is 3.09. The van der Waals surface area contributed by atoms with Gasteiger partial charge in [-0.05, 0) is 38.7 Å². The van der Waals surface area contributed by atoms with E-state index >= 15 is 0 Å². The Hall–Kier alpha value is -1.82. The van der Waals surface area contributed by atoms with Crippen molar-refractivity contribution in [2.75, 3.05) is 13.1 Å². The van der Waals surface area contributed by atoms with Crippen LogP contribution in [0.1, 0.15) is 55.8 Å². The van der Waals surface area contributed by atoms with Crippen LogP contribution in [0.3, 0.4) is 0 Å². The van der Waals surface area contributed by atoms with Gasteiger partial charge in [0.1, 0.15) is 6.26 Å². The quantitative estimate of drug-likeness (QED) is 0.884. The Morgan fingerprint density at radius 3 is 2.67 bits per heavy atom. The molecule has 1 saturated heterocycles. The van der Waals surface area contributed by atoms with Crippen molar-refractivity contribution in [2.24, 2.45) is 11.7 Å².